The van der Waals surface area contributed by atoms with Gasteiger partial charge in [-0.3, -0.25) is 0 Å². The molecule has 3 nitrogen and oxygen atoms in total. The molecule has 0 heterocycles. The first kappa shape index (κ1) is 9.74. The zero-order valence-electron chi connectivity index (χ0n) is 7.78. The average Bonchev–Trinajstić information content (AvgIpc) is 2.18. The minimum absolute atomic E-state index is 0.432. The lowest BCUT2D eigenvalue weighted by atomic mass is 9.94. The zero-order valence-corrected chi connectivity index (χ0v) is 7.78. The van der Waals surface area contributed by atoms with Crippen LogP contribution in [-0.2, 0) is 15.1 Å². The number of nitrogens with two attached hydrogens (primary N) is 1. The van der Waals surface area contributed by atoms with E-state index in [1.807, 2.05) is 18.2 Å². The smallest absolute Gasteiger partial charge is 0.330 e. The lowest BCUT2D eigenvalue weighted by molar-refractivity contribution is -0.146. The molecular weight excluding hydrogens is 166 g/mol. The van der Waals surface area contributed by atoms with E-state index in [1.165, 1.54) is 7.11 Å². The van der Waals surface area contributed by atoms with Gasteiger partial charge in [0, 0.05) is 0 Å². The molecule has 2 N–H and O–H groups in total. The maximum absolute atomic E-state index is 11.3. The van der Waals surface area contributed by atoms with Crippen LogP contribution in [0.1, 0.15) is 12.5 Å². The lowest BCUT2D eigenvalue weighted by Gasteiger charge is -2.21. The molecule has 0 fully saturated rings. The Morgan fingerprint density at radius 2 is 1.92 bits per heavy atom. The minimum atomic E-state index is -1.06. The topological polar surface area (TPSA) is 52.3 Å². The molecule has 0 bridgehead atoms. The van der Waals surface area contributed by atoms with E-state index in [0.29, 0.717) is 0 Å². The summed E-state index contributed by atoms with van der Waals surface area (Å²) in [5.74, 6) is -0.432. The highest BCUT2D eigenvalue weighted by Gasteiger charge is 2.31. The summed E-state index contributed by atoms with van der Waals surface area (Å²) >= 11 is 0. The van der Waals surface area contributed by atoms with E-state index in [2.05, 4.69) is 4.74 Å². The standard InChI is InChI=1S/C10H13NO2/c1-10(11,9(12)13-2)8-6-4-3-5-7-8/h3-7H,11H2,1-2H3/t10-/m1/s1. The van der Waals surface area contributed by atoms with Crippen LogP contribution in [0.4, 0.5) is 0 Å². The van der Waals surface area contributed by atoms with E-state index < -0.39 is 11.5 Å². The Balaban J connectivity index is 3.00. The van der Waals surface area contributed by atoms with Crippen molar-refractivity contribution in [1.29, 1.82) is 0 Å². The number of hydrogen-bond donors (Lipinski definition) is 1. The van der Waals surface area contributed by atoms with Gasteiger partial charge in [-0.15, -0.1) is 0 Å². The van der Waals surface area contributed by atoms with Gasteiger partial charge in [-0.2, -0.15) is 0 Å². The molecule has 1 rings (SSSR count). The normalized spacial score (nSPS) is 14.7. The van der Waals surface area contributed by atoms with Crippen LogP contribution in [0.25, 0.3) is 0 Å². The Morgan fingerprint density at radius 3 is 2.38 bits per heavy atom. The van der Waals surface area contributed by atoms with E-state index in [0.717, 1.165) is 5.56 Å². The number of carbonyl (C=O) groups is 1. The highest BCUT2D eigenvalue weighted by Crippen LogP contribution is 2.18. The second-order valence-electron chi connectivity index (χ2n) is 3.06. The fourth-order valence-electron chi connectivity index (χ4n) is 1.11. The first-order chi connectivity index (χ1) is 6.09. The van der Waals surface area contributed by atoms with Crippen molar-refractivity contribution in [2.45, 2.75) is 12.5 Å². The molecule has 1 aromatic rings. The van der Waals surface area contributed by atoms with Crippen LogP contribution < -0.4 is 5.73 Å². The van der Waals surface area contributed by atoms with E-state index in [4.69, 9.17) is 5.73 Å². The Hall–Kier alpha value is -1.35. The summed E-state index contributed by atoms with van der Waals surface area (Å²) in [6.07, 6.45) is 0. The summed E-state index contributed by atoms with van der Waals surface area (Å²) in [5, 5.41) is 0. The Labute approximate surface area is 77.5 Å². The summed E-state index contributed by atoms with van der Waals surface area (Å²) in [6.45, 7) is 1.63. The highest BCUT2D eigenvalue weighted by atomic mass is 16.5. The van der Waals surface area contributed by atoms with Crippen LogP contribution in [0.15, 0.2) is 30.3 Å². The van der Waals surface area contributed by atoms with Crippen LogP contribution in [0, 0.1) is 0 Å². The van der Waals surface area contributed by atoms with Gasteiger partial charge in [0.1, 0.15) is 5.54 Å². The summed E-state index contributed by atoms with van der Waals surface area (Å²) in [6, 6.07) is 9.15. The molecular formula is C10H13NO2. The van der Waals surface area contributed by atoms with Gasteiger partial charge in [0.05, 0.1) is 7.11 Å². The second kappa shape index (κ2) is 3.58. The lowest BCUT2D eigenvalue weighted by Crippen LogP contribution is -2.42. The van der Waals surface area contributed by atoms with Gasteiger partial charge in [0.2, 0.25) is 0 Å². The molecule has 0 aromatic heterocycles. The quantitative estimate of drug-likeness (QED) is 0.690. The first-order valence-electron chi connectivity index (χ1n) is 4.02. The minimum Gasteiger partial charge on any atom is -0.467 e. The summed E-state index contributed by atoms with van der Waals surface area (Å²) in [7, 11) is 1.33. The number of esters is 1. The van der Waals surface area contributed by atoms with Crippen LogP contribution in [0.2, 0.25) is 0 Å². The van der Waals surface area contributed by atoms with Crippen molar-refractivity contribution in [1.82, 2.24) is 0 Å². The number of carbonyl (C=O) groups excluding carboxylic acids is 1. The maximum Gasteiger partial charge on any atom is 0.330 e. The van der Waals surface area contributed by atoms with Crippen molar-refractivity contribution in [3.63, 3.8) is 0 Å². The molecule has 0 aliphatic carbocycles. The zero-order chi connectivity index (χ0) is 9.90. The van der Waals surface area contributed by atoms with Gasteiger partial charge < -0.3 is 10.5 Å². The molecule has 0 radical (unpaired) electrons. The number of rotatable bonds is 2. The molecule has 3 heteroatoms. The first-order valence-corrected chi connectivity index (χ1v) is 4.02. The van der Waals surface area contributed by atoms with Gasteiger partial charge in [-0.25, -0.2) is 4.79 Å². The van der Waals surface area contributed by atoms with E-state index in [1.54, 1.807) is 19.1 Å². The van der Waals surface area contributed by atoms with Crippen LogP contribution in [0.5, 0.6) is 0 Å². The van der Waals surface area contributed by atoms with E-state index in [9.17, 15) is 4.79 Å². The summed E-state index contributed by atoms with van der Waals surface area (Å²) < 4.78 is 4.61. The van der Waals surface area contributed by atoms with Crippen molar-refractivity contribution >= 4 is 5.97 Å². The molecule has 1 atom stereocenters. The molecule has 0 saturated carbocycles. The Bertz CT molecular complexity index is 293. The molecule has 0 aliphatic heterocycles. The van der Waals surface area contributed by atoms with Gasteiger partial charge in [-0.05, 0) is 12.5 Å². The largest absolute Gasteiger partial charge is 0.467 e. The number of benzene rings is 1. The number of methoxy groups -OCH3 is 1. The molecule has 1 aromatic carbocycles. The van der Waals surface area contributed by atoms with Crippen molar-refractivity contribution in [3.8, 4) is 0 Å². The Kier molecular flexibility index (Phi) is 2.68. The van der Waals surface area contributed by atoms with Gasteiger partial charge in [-0.1, -0.05) is 30.3 Å². The number of ether oxygens (including phenoxy) is 1. The van der Waals surface area contributed by atoms with Crippen molar-refractivity contribution in [2.24, 2.45) is 5.73 Å². The molecule has 0 unspecified atom stereocenters. The third-order valence-corrected chi connectivity index (χ3v) is 1.98. The number of hydrogen-bond acceptors (Lipinski definition) is 3. The van der Waals surface area contributed by atoms with Crippen LogP contribution >= 0.6 is 0 Å². The van der Waals surface area contributed by atoms with Crippen molar-refractivity contribution < 1.29 is 9.53 Å². The average molecular weight is 179 g/mol. The second-order valence-corrected chi connectivity index (χ2v) is 3.06. The monoisotopic (exact) mass is 179 g/mol. The van der Waals surface area contributed by atoms with Gasteiger partial charge in [0.25, 0.3) is 0 Å². The molecule has 0 aliphatic rings. The molecule has 0 amide bonds. The molecule has 0 saturated heterocycles. The predicted octanol–water partition coefficient (Wildman–Crippen LogP) is 1.03. The van der Waals surface area contributed by atoms with Crippen LogP contribution in [0.3, 0.4) is 0 Å². The summed E-state index contributed by atoms with van der Waals surface area (Å²) in [5.41, 5.74) is 5.51. The molecule has 0 spiro atoms. The fraction of sp³-hybridized carbons (Fsp3) is 0.300. The van der Waals surface area contributed by atoms with Crippen LogP contribution in [-0.4, -0.2) is 13.1 Å². The van der Waals surface area contributed by atoms with Crippen molar-refractivity contribution in [3.05, 3.63) is 35.9 Å². The van der Waals surface area contributed by atoms with Crippen molar-refractivity contribution in [2.75, 3.05) is 7.11 Å². The predicted molar refractivity (Wildman–Crippen MR) is 50.0 cm³/mol. The highest BCUT2D eigenvalue weighted by molar-refractivity contribution is 5.81. The SMILES string of the molecule is COC(=O)[C@](C)(N)c1ccccc1. The third-order valence-electron chi connectivity index (χ3n) is 1.98. The molecule has 70 valence electrons. The van der Waals surface area contributed by atoms with Gasteiger partial charge in [0.15, 0.2) is 0 Å². The van der Waals surface area contributed by atoms with Gasteiger partial charge >= 0.3 is 5.97 Å². The maximum atomic E-state index is 11.3. The Morgan fingerprint density at radius 1 is 1.38 bits per heavy atom. The fourth-order valence-corrected chi connectivity index (χ4v) is 1.11. The van der Waals surface area contributed by atoms with E-state index in [-0.39, 0.29) is 0 Å². The molecule has 13 heavy (non-hydrogen) atoms. The third kappa shape index (κ3) is 1.87. The summed E-state index contributed by atoms with van der Waals surface area (Å²) in [4.78, 5) is 11.3. The van der Waals surface area contributed by atoms with E-state index >= 15 is 0 Å².